The molecule has 2 aromatic rings. The second kappa shape index (κ2) is 5.62. The molecule has 0 saturated heterocycles. The number of aliphatic hydroxyl groups is 1. The van der Waals surface area contributed by atoms with Gasteiger partial charge in [0.05, 0.1) is 12.3 Å². The van der Waals surface area contributed by atoms with Gasteiger partial charge in [-0.1, -0.05) is 23.4 Å². The van der Waals surface area contributed by atoms with Crippen LogP contribution >= 0.6 is 0 Å². The van der Waals surface area contributed by atoms with Gasteiger partial charge in [-0.25, -0.2) is 4.68 Å². The Balaban J connectivity index is 1.99. The zero-order valence-corrected chi connectivity index (χ0v) is 10.9. The summed E-state index contributed by atoms with van der Waals surface area (Å²) in [6.07, 6.45) is 0.871. The summed E-state index contributed by atoms with van der Waals surface area (Å²) >= 11 is 0. The zero-order chi connectivity index (χ0) is 13.8. The smallest absolute Gasteiger partial charge is 0.246 e. The van der Waals surface area contributed by atoms with E-state index in [2.05, 4.69) is 15.6 Å². The number of amides is 1. The van der Waals surface area contributed by atoms with Gasteiger partial charge in [-0.05, 0) is 25.5 Å². The van der Waals surface area contributed by atoms with Crippen molar-refractivity contribution in [2.24, 2.45) is 0 Å². The Kier molecular flexibility index (Phi) is 3.91. The average molecular weight is 260 g/mol. The van der Waals surface area contributed by atoms with Crippen LogP contribution < -0.4 is 5.32 Å². The number of aryl methyl sites for hydroxylation is 1. The number of carbonyl (C=O) groups is 1. The van der Waals surface area contributed by atoms with Gasteiger partial charge in [0.1, 0.15) is 12.2 Å². The molecule has 6 nitrogen and oxygen atoms in total. The average Bonchev–Trinajstić information content (AvgIpc) is 2.80. The first-order valence-electron chi connectivity index (χ1n) is 6.00. The van der Waals surface area contributed by atoms with E-state index in [4.69, 9.17) is 0 Å². The fraction of sp³-hybridized carbons (Fsp3) is 0.308. The predicted molar refractivity (Wildman–Crippen MR) is 70.5 cm³/mol. The lowest BCUT2D eigenvalue weighted by molar-refractivity contribution is -0.116. The summed E-state index contributed by atoms with van der Waals surface area (Å²) in [5, 5.41) is 19.7. The molecule has 1 atom stereocenters. The largest absolute Gasteiger partial charge is 0.387 e. The standard InChI is InChI=1S/C13H16N4O2/c1-9-5-3-4-6-11(9)14-13(19)8-17-7-12(10(2)18)15-16-17/h3-7,10,18H,8H2,1-2H3,(H,14,19). The van der Waals surface area contributed by atoms with Crippen molar-refractivity contribution in [1.82, 2.24) is 15.0 Å². The highest BCUT2D eigenvalue weighted by molar-refractivity contribution is 5.91. The van der Waals surface area contributed by atoms with Crippen molar-refractivity contribution in [2.75, 3.05) is 5.32 Å². The second-order valence-corrected chi connectivity index (χ2v) is 4.38. The van der Waals surface area contributed by atoms with E-state index < -0.39 is 6.10 Å². The van der Waals surface area contributed by atoms with Crippen molar-refractivity contribution >= 4 is 11.6 Å². The molecule has 1 unspecified atom stereocenters. The van der Waals surface area contributed by atoms with Crippen molar-refractivity contribution in [1.29, 1.82) is 0 Å². The van der Waals surface area contributed by atoms with Crippen molar-refractivity contribution in [2.45, 2.75) is 26.5 Å². The summed E-state index contributed by atoms with van der Waals surface area (Å²) in [5.74, 6) is -0.184. The lowest BCUT2D eigenvalue weighted by Gasteiger charge is -2.07. The first-order chi connectivity index (χ1) is 9.06. The molecule has 0 aliphatic rings. The lowest BCUT2D eigenvalue weighted by Crippen LogP contribution is -2.19. The van der Waals surface area contributed by atoms with Crippen molar-refractivity contribution < 1.29 is 9.90 Å². The molecule has 2 rings (SSSR count). The molecule has 6 heteroatoms. The molecule has 2 N–H and O–H groups in total. The van der Waals surface area contributed by atoms with E-state index in [1.54, 1.807) is 13.1 Å². The molecule has 1 aromatic carbocycles. The monoisotopic (exact) mass is 260 g/mol. The number of nitrogens with zero attached hydrogens (tertiary/aromatic N) is 3. The number of carbonyl (C=O) groups excluding carboxylic acids is 1. The van der Waals surface area contributed by atoms with Crippen LogP contribution in [0.15, 0.2) is 30.5 Å². The van der Waals surface area contributed by atoms with E-state index in [0.717, 1.165) is 11.3 Å². The van der Waals surface area contributed by atoms with Gasteiger partial charge in [-0.15, -0.1) is 5.10 Å². The summed E-state index contributed by atoms with van der Waals surface area (Å²) in [7, 11) is 0. The van der Waals surface area contributed by atoms with E-state index in [1.165, 1.54) is 4.68 Å². The van der Waals surface area contributed by atoms with E-state index in [0.29, 0.717) is 5.69 Å². The minimum absolute atomic E-state index is 0.0635. The summed E-state index contributed by atoms with van der Waals surface area (Å²) in [5.41, 5.74) is 2.23. The first-order valence-corrected chi connectivity index (χ1v) is 6.00. The Morgan fingerprint density at radius 1 is 1.47 bits per heavy atom. The molecule has 0 saturated carbocycles. The van der Waals surface area contributed by atoms with Crippen LogP contribution in [0.5, 0.6) is 0 Å². The van der Waals surface area contributed by atoms with Crippen LogP contribution in [0.1, 0.15) is 24.3 Å². The van der Waals surface area contributed by atoms with Crippen molar-refractivity contribution in [3.8, 4) is 0 Å². The van der Waals surface area contributed by atoms with Gasteiger partial charge < -0.3 is 10.4 Å². The minimum atomic E-state index is -0.687. The molecule has 0 radical (unpaired) electrons. The van der Waals surface area contributed by atoms with E-state index >= 15 is 0 Å². The van der Waals surface area contributed by atoms with Gasteiger partial charge in [0.25, 0.3) is 0 Å². The number of rotatable bonds is 4. The molecule has 100 valence electrons. The van der Waals surface area contributed by atoms with Gasteiger partial charge in [-0.2, -0.15) is 0 Å². The van der Waals surface area contributed by atoms with E-state index in [9.17, 15) is 9.90 Å². The van der Waals surface area contributed by atoms with Gasteiger partial charge >= 0.3 is 0 Å². The zero-order valence-electron chi connectivity index (χ0n) is 10.9. The fourth-order valence-corrected chi connectivity index (χ4v) is 1.63. The third-order valence-electron chi connectivity index (χ3n) is 2.71. The molecule has 0 spiro atoms. The van der Waals surface area contributed by atoms with Gasteiger partial charge in [-0.3, -0.25) is 4.79 Å². The number of para-hydroxylation sites is 1. The molecule has 0 fully saturated rings. The summed E-state index contributed by atoms with van der Waals surface area (Å²) in [4.78, 5) is 11.9. The Morgan fingerprint density at radius 2 is 2.21 bits per heavy atom. The molecule has 1 aromatic heterocycles. The van der Waals surface area contributed by atoms with Crippen LogP contribution in [0.3, 0.4) is 0 Å². The maximum atomic E-state index is 11.9. The summed E-state index contributed by atoms with van der Waals surface area (Å²) < 4.78 is 1.40. The van der Waals surface area contributed by atoms with Crippen LogP contribution in [-0.4, -0.2) is 26.0 Å². The Hall–Kier alpha value is -2.21. The van der Waals surface area contributed by atoms with Gasteiger partial charge in [0, 0.05) is 5.69 Å². The molecule has 1 heterocycles. The fourth-order valence-electron chi connectivity index (χ4n) is 1.63. The SMILES string of the molecule is Cc1ccccc1NC(=O)Cn1cc(C(C)O)nn1. The summed E-state index contributed by atoms with van der Waals surface area (Å²) in [6.45, 7) is 3.59. The van der Waals surface area contributed by atoms with Crippen LogP contribution in [0.25, 0.3) is 0 Å². The molecule has 0 bridgehead atoms. The normalized spacial score (nSPS) is 12.2. The van der Waals surface area contributed by atoms with Crippen molar-refractivity contribution in [3.05, 3.63) is 41.7 Å². The number of hydrogen-bond acceptors (Lipinski definition) is 4. The van der Waals surface area contributed by atoms with Crippen LogP contribution in [-0.2, 0) is 11.3 Å². The Bertz CT molecular complexity index is 578. The third kappa shape index (κ3) is 3.38. The predicted octanol–water partition coefficient (Wildman–Crippen LogP) is 1.28. The van der Waals surface area contributed by atoms with Gasteiger partial charge in [0.15, 0.2) is 0 Å². The number of nitrogens with one attached hydrogen (secondary N) is 1. The maximum Gasteiger partial charge on any atom is 0.246 e. The van der Waals surface area contributed by atoms with E-state index in [1.807, 2.05) is 31.2 Å². The van der Waals surface area contributed by atoms with Gasteiger partial charge in [0.2, 0.25) is 5.91 Å². The molecule has 0 aliphatic heterocycles. The summed E-state index contributed by atoms with van der Waals surface area (Å²) in [6, 6.07) is 7.55. The number of aliphatic hydroxyl groups excluding tert-OH is 1. The minimum Gasteiger partial charge on any atom is -0.387 e. The van der Waals surface area contributed by atoms with E-state index in [-0.39, 0.29) is 12.5 Å². The number of hydrogen-bond donors (Lipinski definition) is 2. The lowest BCUT2D eigenvalue weighted by atomic mass is 10.2. The Morgan fingerprint density at radius 3 is 2.84 bits per heavy atom. The highest BCUT2D eigenvalue weighted by atomic mass is 16.3. The Labute approximate surface area is 111 Å². The van der Waals surface area contributed by atoms with Crippen LogP contribution in [0.4, 0.5) is 5.69 Å². The molecular formula is C13H16N4O2. The molecule has 0 aliphatic carbocycles. The van der Waals surface area contributed by atoms with Crippen LogP contribution in [0.2, 0.25) is 0 Å². The van der Waals surface area contributed by atoms with Crippen molar-refractivity contribution in [3.63, 3.8) is 0 Å². The number of benzene rings is 1. The molecular weight excluding hydrogens is 244 g/mol. The van der Waals surface area contributed by atoms with Crippen LogP contribution in [0, 0.1) is 6.92 Å². The molecule has 19 heavy (non-hydrogen) atoms. The number of anilines is 1. The molecule has 1 amide bonds. The maximum absolute atomic E-state index is 11.9. The number of aromatic nitrogens is 3. The third-order valence-corrected chi connectivity index (χ3v) is 2.71. The highest BCUT2D eigenvalue weighted by Crippen LogP contribution is 2.13. The highest BCUT2D eigenvalue weighted by Gasteiger charge is 2.09. The quantitative estimate of drug-likeness (QED) is 0.867. The topological polar surface area (TPSA) is 80.0 Å². The second-order valence-electron chi connectivity index (χ2n) is 4.38. The first kappa shape index (κ1) is 13.2.